The van der Waals surface area contributed by atoms with Gasteiger partial charge in [0.25, 0.3) is 11.8 Å². The Morgan fingerprint density at radius 2 is 1.16 bits per heavy atom. The molecular weight excluding hydrogens is 472 g/mol. The smallest absolute Gasteiger partial charge is 0.262 e. The fourth-order valence-corrected chi connectivity index (χ4v) is 4.08. The van der Waals surface area contributed by atoms with Gasteiger partial charge in [-0.2, -0.15) is 0 Å². The lowest BCUT2D eigenvalue weighted by molar-refractivity contribution is 0.0996. The van der Waals surface area contributed by atoms with Crippen LogP contribution in [0.5, 0.6) is 0 Å². The maximum atomic E-state index is 13.8. The lowest BCUT2D eigenvalue weighted by atomic mass is 10.1. The molecule has 38 heavy (non-hydrogen) atoms. The molecule has 5 aromatic carbocycles. The van der Waals surface area contributed by atoms with Gasteiger partial charge in [0, 0.05) is 45.3 Å². The second-order valence-electron chi connectivity index (χ2n) is 8.67. The van der Waals surface area contributed by atoms with Crippen LogP contribution in [0.2, 0.25) is 0 Å². The van der Waals surface area contributed by atoms with Crippen molar-refractivity contribution in [3.05, 3.63) is 145 Å². The highest BCUT2D eigenvalue weighted by Gasteiger charge is 2.20. The van der Waals surface area contributed by atoms with Gasteiger partial charge < -0.3 is 16.4 Å². The van der Waals surface area contributed by atoms with Gasteiger partial charge in [-0.3, -0.25) is 14.5 Å². The quantitative estimate of drug-likeness (QED) is 0.206. The maximum Gasteiger partial charge on any atom is 0.262 e. The molecule has 0 spiro atoms. The molecule has 0 radical (unpaired) electrons. The monoisotopic (exact) mass is 498 g/mol. The van der Waals surface area contributed by atoms with Gasteiger partial charge in [-0.15, -0.1) is 0 Å². The van der Waals surface area contributed by atoms with E-state index in [2.05, 4.69) is 10.6 Å². The number of nitrogens with zero attached hydrogens (tertiary/aromatic N) is 1. The molecular formula is C32H26N4O2. The molecule has 0 unspecified atom stereocenters. The Hall–Kier alpha value is -5.36. The molecule has 6 nitrogen and oxygen atoms in total. The van der Waals surface area contributed by atoms with Gasteiger partial charge in [0.2, 0.25) is 0 Å². The van der Waals surface area contributed by atoms with E-state index in [1.807, 2.05) is 91.0 Å². The van der Waals surface area contributed by atoms with Crippen molar-refractivity contribution in [1.29, 1.82) is 0 Å². The lowest BCUT2D eigenvalue weighted by Crippen LogP contribution is -2.26. The third-order valence-electron chi connectivity index (χ3n) is 5.92. The summed E-state index contributed by atoms with van der Waals surface area (Å²) in [5.74, 6) is -0.437. The van der Waals surface area contributed by atoms with Crippen LogP contribution < -0.4 is 21.3 Å². The third kappa shape index (κ3) is 5.71. The van der Waals surface area contributed by atoms with Crippen LogP contribution in [0.3, 0.4) is 0 Å². The van der Waals surface area contributed by atoms with Gasteiger partial charge in [-0.25, -0.2) is 0 Å². The fraction of sp³-hybridized carbons (Fsp3) is 0. The zero-order valence-electron chi connectivity index (χ0n) is 20.5. The first-order valence-corrected chi connectivity index (χ1v) is 12.2. The first-order valence-electron chi connectivity index (χ1n) is 12.2. The predicted molar refractivity (Wildman–Crippen MR) is 154 cm³/mol. The number of para-hydroxylation sites is 2. The predicted octanol–water partition coefficient (Wildman–Crippen LogP) is 7.24. The standard InChI is InChI=1S/C32H26N4O2/c33-25-11-7-9-23(21-25)31(37)35-27-17-19-30(20-18-27)36(29-15-5-2-6-16-29)32(38)24-10-8-14-28(22-24)34-26-12-3-1-4-13-26/h1-22,34H,33H2,(H,35,37). The van der Waals surface area contributed by atoms with Gasteiger partial charge in [0.05, 0.1) is 0 Å². The van der Waals surface area contributed by atoms with Crippen molar-refractivity contribution in [2.75, 3.05) is 21.3 Å². The number of rotatable bonds is 7. The van der Waals surface area contributed by atoms with E-state index in [1.54, 1.807) is 47.4 Å². The molecule has 4 N–H and O–H groups in total. The highest BCUT2D eigenvalue weighted by molar-refractivity contribution is 6.11. The number of amides is 2. The van der Waals surface area contributed by atoms with Crippen molar-refractivity contribution in [3.63, 3.8) is 0 Å². The zero-order chi connectivity index (χ0) is 26.3. The molecule has 0 aromatic heterocycles. The van der Waals surface area contributed by atoms with E-state index < -0.39 is 0 Å². The number of benzene rings is 5. The Morgan fingerprint density at radius 1 is 0.553 bits per heavy atom. The van der Waals surface area contributed by atoms with E-state index in [1.165, 1.54) is 0 Å². The normalized spacial score (nSPS) is 10.4. The van der Waals surface area contributed by atoms with Crippen LogP contribution in [0.25, 0.3) is 0 Å². The lowest BCUT2D eigenvalue weighted by Gasteiger charge is -2.24. The molecule has 6 heteroatoms. The van der Waals surface area contributed by atoms with Crippen molar-refractivity contribution in [3.8, 4) is 0 Å². The largest absolute Gasteiger partial charge is 0.399 e. The van der Waals surface area contributed by atoms with Crippen LogP contribution in [0.15, 0.2) is 133 Å². The number of anilines is 6. The Balaban J connectivity index is 1.41. The van der Waals surface area contributed by atoms with Crippen LogP contribution in [-0.2, 0) is 0 Å². The van der Waals surface area contributed by atoms with E-state index in [-0.39, 0.29) is 11.8 Å². The minimum atomic E-state index is -0.260. The average molecular weight is 499 g/mol. The molecule has 5 rings (SSSR count). The zero-order valence-corrected chi connectivity index (χ0v) is 20.5. The first kappa shape index (κ1) is 24.3. The average Bonchev–Trinajstić information content (AvgIpc) is 2.95. The van der Waals surface area contributed by atoms with Crippen molar-refractivity contribution in [2.24, 2.45) is 0 Å². The molecule has 0 atom stereocenters. The number of nitrogens with one attached hydrogen (secondary N) is 2. The van der Waals surface area contributed by atoms with Crippen LogP contribution >= 0.6 is 0 Å². The summed E-state index contributed by atoms with van der Waals surface area (Å²) in [6.45, 7) is 0. The summed E-state index contributed by atoms with van der Waals surface area (Å²) < 4.78 is 0. The molecule has 186 valence electrons. The molecule has 0 saturated carbocycles. The first-order chi connectivity index (χ1) is 18.6. The van der Waals surface area contributed by atoms with Crippen LogP contribution in [-0.4, -0.2) is 11.8 Å². The molecule has 0 fully saturated rings. The summed E-state index contributed by atoms with van der Waals surface area (Å²) in [4.78, 5) is 28.1. The van der Waals surface area contributed by atoms with Gasteiger partial charge in [0.1, 0.15) is 0 Å². The number of hydrogen-bond donors (Lipinski definition) is 3. The van der Waals surface area contributed by atoms with Crippen LogP contribution in [0.1, 0.15) is 20.7 Å². The number of nitrogen functional groups attached to an aromatic ring is 1. The maximum absolute atomic E-state index is 13.8. The number of carbonyl (C=O) groups excluding carboxylic acids is 2. The van der Waals surface area contributed by atoms with Crippen molar-refractivity contribution >= 4 is 45.9 Å². The van der Waals surface area contributed by atoms with Gasteiger partial charge >= 0.3 is 0 Å². The Bertz CT molecular complexity index is 1550. The second kappa shape index (κ2) is 11.1. The van der Waals surface area contributed by atoms with E-state index in [0.717, 1.165) is 17.1 Å². The Morgan fingerprint density at radius 3 is 1.87 bits per heavy atom. The Labute approximate surface area is 221 Å². The summed E-state index contributed by atoms with van der Waals surface area (Å²) in [5, 5.41) is 6.22. The fourth-order valence-electron chi connectivity index (χ4n) is 4.08. The number of carbonyl (C=O) groups is 2. The summed E-state index contributed by atoms with van der Waals surface area (Å²) in [6, 6.07) is 40.7. The summed E-state index contributed by atoms with van der Waals surface area (Å²) in [7, 11) is 0. The molecule has 0 aliphatic rings. The highest BCUT2D eigenvalue weighted by Crippen LogP contribution is 2.30. The SMILES string of the molecule is Nc1cccc(C(=O)Nc2ccc(N(C(=O)c3cccc(Nc4ccccc4)c3)c3ccccc3)cc2)c1. The summed E-state index contributed by atoms with van der Waals surface area (Å²) >= 11 is 0. The van der Waals surface area contributed by atoms with E-state index >= 15 is 0 Å². The van der Waals surface area contributed by atoms with Crippen molar-refractivity contribution in [2.45, 2.75) is 0 Å². The van der Waals surface area contributed by atoms with E-state index in [0.29, 0.717) is 28.2 Å². The minimum absolute atomic E-state index is 0.176. The third-order valence-corrected chi connectivity index (χ3v) is 5.92. The van der Waals surface area contributed by atoms with Gasteiger partial charge in [-0.1, -0.05) is 48.5 Å². The Kier molecular flexibility index (Phi) is 7.13. The van der Waals surface area contributed by atoms with Gasteiger partial charge in [0.15, 0.2) is 0 Å². The van der Waals surface area contributed by atoms with E-state index in [4.69, 9.17) is 5.73 Å². The second-order valence-corrected chi connectivity index (χ2v) is 8.67. The molecule has 5 aromatic rings. The van der Waals surface area contributed by atoms with Gasteiger partial charge in [-0.05, 0) is 84.9 Å². The molecule has 0 aliphatic carbocycles. The highest BCUT2D eigenvalue weighted by atomic mass is 16.2. The summed E-state index contributed by atoms with van der Waals surface area (Å²) in [6.07, 6.45) is 0. The molecule has 0 aliphatic heterocycles. The molecule has 2 amide bonds. The molecule has 0 saturated heterocycles. The van der Waals surface area contributed by atoms with Crippen LogP contribution in [0, 0.1) is 0 Å². The molecule has 0 bridgehead atoms. The molecule has 0 heterocycles. The van der Waals surface area contributed by atoms with Crippen LogP contribution in [0.4, 0.5) is 34.1 Å². The topological polar surface area (TPSA) is 87.5 Å². The van der Waals surface area contributed by atoms with E-state index in [9.17, 15) is 9.59 Å². The van der Waals surface area contributed by atoms with Crippen molar-refractivity contribution in [1.82, 2.24) is 0 Å². The van der Waals surface area contributed by atoms with Crippen molar-refractivity contribution < 1.29 is 9.59 Å². The summed E-state index contributed by atoms with van der Waals surface area (Å²) in [5.41, 5.74) is 11.1. The number of nitrogens with two attached hydrogens (primary N) is 1. The minimum Gasteiger partial charge on any atom is -0.399 e. The number of hydrogen-bond acceptors (Lipinski definition) is 4.